The second kappa shape index (κ2) is 7.83. The van der Waals surface area contributed by atoms with E-state index in [9.17, 15) is 13.2 Å². The van der Waals surface area contributed by atoms with Crippen LogP contribution >= 0.6 is 11.8 Å². The largest absolute Gasteiger partial charge is 0.302 e. The van der Waals surface area contributed by atoms with Crippen LogP contribution in [0.5, 0.6) is 0 Å². The highest BCUT2D eigenvalue weighted by atomic mass is 32.2. The number of sulfonamides is 1. The number of allylic oxidation sites excluding steroid dienone is 1. The number of thioether (sulfide) groups is 1. The van der Waals surface area contributed by atoms with E-state index in [0.29, 0.717) is 23.0 Å². The molecule has 1 heterocycles. The van der Waals surface area contributed by atoms with Crippen molar-refractivity contribution in [3.05, 3.63) is 48.3 Å². The number of benzene rings is 1. The molecule has 0 saturated heterocycles. The Balaban J connectivity index is 2.11. The molecular weight excluding hydrogens is 360 g/mol. The third kappa shape index (κ3) is 5.17. The van der Waals surface area contributed by atoms with Gasteiger partial charge in [0.25, 0.3) is 0 Å². The lowest BCUT2D eigenvalue weighted by Crippen LogP contribution is -2.15. The first kappa shape index (κ1) is 19.2. The first-order chi connectivity index (χ1) is 11.7. The third-order valence-corrected chi connectivity index (χ3v) is 5.02. The molecule has 0 saturated carbocycles. The zero-order chi connectivity index (χ0) is 18.6. The van der Waals surface area contributed by atoms with Gasteiger partial charge in [-0.25, -0.2) is 8.42 Å². The number of anilines is 1. The van der Waals surface area contributed by atoms with Crippen molar-refractivity contribution in [3.8, 4) is 0 Å². The molecule has 25 heavy (non-hydrogen) atoms. The minimum atomic E-state index is -3.34. The van der Waals surface area contributed by atoms with Crippen LogP contribution in [-0.4, -0.2) is 40.5 Å². The number of nitrogens with one attached hydrogen (secondary N) is 1. The number of ketones is 1. The van der Waals surface area contributed by atoms with E-state index in [2.05, 4.69) is 21.5 Å². The molecule has 0 spiro atoms. The van der Waals surface area contributed by atoms with Gasteiger partial charge in [0.15, 0.2) is 10.9 Å². The predicted octanol–water partition coefficient (Wildman–Crippen LogP) is 2.51. The monoisotopic (exact) mass is 380 g/mol. The minimum Gasteiger partial charge on any atom is -0.302 e. The average Bonchev–Trinajstić information content (AvgIpc) is 2.87. The van der Waals surface area contributed by atoms with E-state index in [0.717, 1.165) is 12.1 Å². The van der Waals surface area contributed by atoms with E-state index < -0.39 is 10.0 Å². The smallest absolute Gasteiger partial charge is 0.229 e. The summed E-state index contributed by atoms with van der Waals surface area (Å²) in [6.07, 6.45) is 2.83. The predicted molar refractivity (Wildman–Crippen MR) is 99.5 cm³/mol. The molecule has 1 aromatic heterocycles. The molecule has 0 fully saturated rings. The third-order valence-electron chi connectivity index (χ3n) is 3.34. The lowest BCUT2D eigenvalue weighted by Gasteiger charge is -2.11. The van der Waals surface area contributed by atoms with Gasteiger partial charge in [0, 0.05) is 17.8 Å². The molecule has 1 unspecified atom stereocenters. The Morgan fingerprint density at radius 2 is 2.00 bits per heavy atom. The average molecular weight is 380 g/mol. The van der Waals surface area contributed by atoms with Crippen LogP contribution in [0, 0.1) is 6.92 Å². The Morgan fingerprint density at radius 3 is 2.56 bits per heavy atom. The number of carbonyl (C=O) groups excluding carboxylic acids is 1. The second-order valence-corrected chi connectivity index (χ2v) is 8.56. The van der Waals surface area contributed by atoms with Crippen molar-refractivity contribution in [2.45, 2.75) is 30.8 Å². The number of nitrogens with zero attached hydrogens (tertiary/aromatic N) is 3. The van der Waals surface area contributed by atoms with Gasteiger partial charge in [-0.05, 0) is 38.1 Å². The van der Waals surface area contributed by atoms with E-state index in [1.165, 1.54) is 11.8 Å². The molecule has 1 aromatic carbocycles. The van der Waals surface area contributed by atoms with Gasteiger partial charge in [-0.3, -0.25) is 9.52 Å². The molecule has 0 amide bonds. The fourth-order valence-corrected chi connectivity index (χ4v) is 3.70. The van der Waals surface area contributed by atoms with Crippen molar-refractivity contribution in [2.75, 3.05) is 11.0 Å². The molecular formula is C16H20N4O3S2. The Bertz CT molecular complexity index is 873. The van der Waals surface area contributed by atoms with Crippen LogP contribution in [0.2, 0.25) is 0 Å². The van der Waals surface area contributed by atoms with Crippen molar-refractivity contribution in [3.63, 3.8) is 0 Å². The number of aryl methyl sites for hydroxylation is 1. The Hall–Kier alpha value is -2.13. The number of aromatic nitrogens is 3. The summed E-state index contributed by atoms with van der Waals surface area (Å²) in [6, 6.07) is 6.34. The summed E-state index contributed by atoms with van der Waals surface area (Å²) in [7, 11) is -3.34. The fourth-order valence-electron chi connectivity index (χ4n) is 2.15. The van der Waals surface area contributed by atoms with E-state index in [-0.39, 0.29) is 11.0 Å². The molecule has 0 radical (unpaired) electrons. The standard InChI is InChI=1S/C16H20N4O3S2/c1-5-10-20-12(3)17-18-16(20)24-11(2)15(21)13-6-8-14(9-7-13)19-25(4,22)23/h5-9,11,19H,1,10H2,2-4H3. The molecule has 1 atom stereocenters. The van der Waals surface area contributed by atoms with Crippen LogP contribution in [0.15, 0.2) is 42.1 Å². The summed E-state index contributed by atoms with van der Waals surface area (Å²) in [6.45, 7) is 7.94. The normalized spacial score (nSPS) is 12.6. The van der Waals surface area contributed by atoms with Crippen molar-refractivity contribution >= 4 is 33.3 Å². The van der Waals surface area contributed by atoms with Crippen molar-refractivity contribution in [1.82, 2.24) is 14.8 Å². The molecule has 0 aliphatic heterocycles. The zero-order valence-corrected chi connectivity index (χ0v) is 15.9. The molecule has 134 valence electrons. The van der Waals surface area contributed by atoms with Crippen LogP contribution in [0.3, 0.4) is 0 Å². The minimum absolute atomic E-state index is 0.0679. The van der Waals surface area contributed by atoms with Crippen molar-refractivity contribution in [1.29, 1.82) is 0 Å². The van der Waals surface area contributed by atoms with E-state index in [1.54, 1.807) is 37.3 Å². The lowest BCUT2D eigenvalue weighted by molar-refractivity contribution is 0.0994. The zero-order valence-electron chi connectivity index (χ0n) is 14.3. The highest BCUT2D eigenvalue weighted by Crippen LogP contribution is 2.25. The summed E-state index contributed by atoms with van der Waals surface area (Å²) < 4.78 is 26.7. The Labute approximate surface area is 151 Å². The molecule has 0 aliphatic rings. The Morgan fingerprint density at radius 1 is 1.36 bits per heavy atom. The van der Waals surface area contributed by atoms with Gasteiger partial charge in [0.2, 0.25) is 10.0 Å². The second-order valence-electron chi connectivity index (χ2n) is 5.50. The van der Waals surface area contributed by atoms with E-state index in [4.69, 9.17) is 0 Å². The van der Waals surface area contributed by atoms with E-state index >= 15 is 0 Å². The molecule has 0 bridgehead atoms. The highest BCUT2D eigenvalue weighted by Gasteiger charge is 2.20. The van der Waals surface area contributed by atoms with Gasteiger partial charge in [-0.1, -0.05) is 17.8 Å². The van der Waals surface area contributed by atoms with Crippen LogP contribution in [0.25, 0.3) is 0 Å². The summed E-state index contributed by atoms with van der Waals surface area (Å²) in [4.78, 5) is 12.6. The first-order valence-corrected chi connectivity index (χ1v) is 10.3. The maximum absolute atomic E-state index is 12.6. The summed E-state index contributed by atoms with van der Waals surface area (Å²) in [5.74, 6) is 0.694. The summed E-state index contributed by atoms with van der Waals surface area (Å²) in [5, 5.41) is 8.44. The number of rotatable bonds is 8. The SMILES string of the molecule is C=CCn1c(C)nnc1SC(C)C(=O)c1ccc(NS(C)(=O)=O)cc1. The van der Waals surface area contributed by atoms with Gasteiger partial charge in [-0.2, -0.15) is 0 Å². The van der Waals surface area contributed by atoms with Gasteiger partial charge in [-0.15, -0.1) is 16.8 Å². The fraction of sp³-hybridized carbons (Fsp3) is 0.312. The lowest BCUT2D eigenvalue weighted by atomic mass is 10.1. The van der Waals surface area contributed by atoms with Crippen LogP contribution in [0.4, 0.5) is 5.69 Å². The van der Waals surface area contributed by atoms with Crippen LogP contribution in [0.1, 0.15) is 23.1 Å². The molecule has 1 N–H and O–H groups in total. The number of Topliss-reactive ketones (excluding diaryl/α,β-unsaturated/α-hetero) is 1. The van der Waals surface area contributed by atoms with Crippen LogP contribution in [-0.2, 0) is 16.6 Å². The van der Waals surface area contributed by atoms with E-state index in [1.807, 2.05) is 11.5 Å². The number of hydrogen-bond donors (Lipinski definition) is 1. The molecule has 0 aliphatic carbocycles. The molecule has 9 heteroatoms. The molecule has 2 aromatic rings. The quantitative estimate of drug-likeness (QED) is 0.430. The number of carbonyl (C=O) groups is 1. The van der Waals surface area contributed by atoms with Crippen molar-refractivity contribution < 1.29 is 13.2 Å². The first-order valence-electron chi connectivity index (χ1n) is 7.50. The van der Waals surface area contributed by atoms with Gasteiger partial charge in [0.1, 0.15) is 5.82 Å². The maximum atomic E-state index is 12.6. The highest BCUT2D eigenvalue weighted by molar-refractivity contribution is 8.00. The summed E-state index contributed by atoms with van der Waals surface area (Å²) >= 11 is 1.33. The Kier molecular flexibility index (Phi) is 6.02. The van der Waals surface area contributed by atoms with Gasteiger partial charge < -0.3 is 4.57 Å². The van der Waals surface area contributed by atoms with Gasteiger partial charge >= 0.3 is 0 Å². The number of hydrogen-bond acceptors (Lipinski definition) is 6. The van der Waals surface area contributed by atoms with Crippen molar-refractivity contribution in [2.24, 2.45) is 0 Å². The molecule has 7 nitrogen and oxygen atoms in total. The summed E-state index contributed by atoms with van der Waals surface area (Å²) in [5.41, 5.74) is 0.922. The van der Waals surface area contributed by atoms with Gasteiger partial charge in [0.05, 0.1) is 11.5 Å². The maximum Gasteiger partial charge on any atom is 0.229 e. The molecule has 2 rings (SSSR count). The van der Waals surface area contributed by atoms with Crippen LogP contribution < -0.4 is 4.72 Å². The topological polar surface area (TPSA) is 93.9 Å².